The number of carbonyl (C=O) groups excluding carboxylic acids is 1. The Bertz CT molecular complexity index is 817. The number of rotatable bonds is 2. The second kappa shape index (κ2) is 7.15. The summed E-state index contributed by atoms with van der Waals surface area (Å²) < 4.78 is 53.1. The van der Waals surface area contributed by atoms with Crippen LogP contribution >= 0.6 is 11.6 Å². The number of halogens is 5. The molecule has 1 saturated heterocycles. The highest BCUT2D eigenvalue weighted by molar-refractivity contribution is 6.30. The second-order valence-electron chi connectivity index (χ2n) is 5.95. The minimum Gasteiger partial charge on any atom is -0.367 e. The van der Waals surface area contributed by atoms with Crippen LogP contribution in [0.4, 0.5) is 23.2 Å². The van der Waals surface area contributed by atoms with Gasteiger partial charge in [-0.2, -0.15) is 13.2 Å². The molecule has 1 heterocycles. The van der Waals surface area contributed by atoms with Crippen molar-refractivity contribution in [3.63, 3.8) is 0 Å². The fraction of sp³-hybridized carbons (Fsp3) is 0.278. The zero-order valence-corrected chi connectivity index (χ0v) is 14.3. The summed E-state index contributed by atoms with van der Waals surface area (Å²) in [6.07, 6.45) is -4.52. The molecule has 1 aliphatic heterocycles. The lowest BCUT2D eigenvalue weighted by Crippen LogP contribution is -2.49. The second-order valence-corrected chi connectivity index (χ2v) is 6.39. The summed E-state index contributed by atoms with van der Waals surface area (Å²) >= 11 is 5.71. The molecule has 0 N–H and O–H groups in total. The standard InChI is InChI=1S/C18H15ClF4N2O/c19-13-4-5-16(15(11-13)18(21,22)23)24-6-8-25(9-7-24)17(26)12-2-1-3-14(20)10-12/h1-5,10-11H,6-9H2. The summed E-state index contributed by atoms with van der Waals surface area (Å²) in [7, 11) is 0. The molecule has 0 spiro atoms. The molecule has 0 unspecified atom stereocenters. The van der Waals surface area contributed by atoms with Gasteiger partial charge in [0.1, 0.15) is 5.82 Å². The number of carbonyl (C=O) groups is 1. The Morgan fingerprint density at radius 3 is 2.31 bits per heavy atom. The van der Waals surface area contributed by atoms with Gasteiger partial charge in [-0.1, -0.05) is 17.7 Å². The van der Waals surface area contributed by atoms with Gasteiger partial charge >= 0.3 is 6.18 Å². The molecule has 1 aliphatic rings. The van der Waals surface area contributed by atoms with Crippen LogP contribution in [0, 0.1) is 5.82 Å². The summed E-state index contributed by atoms with van der Waals surface area (Å²) in [5.74, 6) is -0.846. The van der Waals surface area contributed by atoms with Gasteiger partial charge < -0.3 is 9.80 Å². The van der Waals surface area contributed by atoms with Crippen molar-refractivity contribution < 1.29 is 22.4 Å². The van der Waals surface area contributed by atoms with E-state index < -0.39 is 17.6 Å². The third-order valence-corrected chi connectivity index (χ3v) is 4.48. The third kappa shape index (κ3) is 3.93. The van der Waals surface area contributed by atoms with Gasteiger partial charge in [-0.15, -0.1) is 0 Å². The van der Waals surface area contributed by atoms with E-state index >= 15 is 0 Å². The van der Waals surface area contributed by atoms with Crippen LogP contribution in [0.3, 0.4) is 0 Å². The Kier molecular flexibility index (Phi) is 5.09. The van der Waals surface area contributed by atoms with Crippen molar-refractivity contribution in [2.75, 3.05) is 31.1 Å². The fourth-order valence-corrected chi connectivity index (χ4v) is 3.14. The molecule has 3 rings (SSSR count). The van der Waals surface area contributed by atoms with Gasteiger partial charge in [-0.25, -0.2) is 4.39 Å². The van der Waals surface area contributed by atoms with Crippen LogP contribution in [0.15, 0.2) is 42.5 Å². The highest BCUT2D eigenvalue weighted by Gasteiger charge is 2.36. The summed E-state index contributed by atoms with van der Waals surface area (Å²) in [6, 6.07) is 9.01. The number of hydrogen-bond donors (Lipinski definition) is 0. The van der Waals surface area contributed by atoms with Crippen LogP contribution in [0.2, 0.25) is 5.02 Å². The molecule has 3 nitrogen and oxygen atoms in total. The van der Waals surface area contributed by atoms with Crippen molar-refractivity contribution in [3.8, 4) is 0 Å². The van der Waals surface area contributed by atoms with E-state index in [4.69, 9.17) is 11.6 Å². The fourth-order valence-electron chi connectivity index (χ4n) is 2.97. The summed E-state index contributed by atoms with van der Waals surface area (Å²) in [6.45, 7) is 0.974. The van der Waals surface area contributed by atoms with Gasteiger partial charge in [0.15, 0.2) is 0 Å². The quantitative estimate of drug-likeness (QED) is 0.711. The summed E-state index contributed by atoms with van der Waals surface area (Å²) in [4.78, 5) is 15.5. The zero-order valence-electron chi connectivity index (χ0n) is 13.6. The first-order valence-corrected chi connectivity index (χ1v) is 8.30. The van der Waals surface area contributed by atoms with Gasteiger partial charge in [0.05, 0.1) is 5.56 Å². The first kappa shape index (κ1) is 18.5. The molecule has 0 bridgehead atoms. The molecule has 2 aromatic carbocycles. The molecule has 0 atom stereocenters. The van der Waals surface area contributed by atoms with E-state index in [1.54, 1.807) is 4.90 Å². The molecule has 8 heteroatoms. The number of anilines is 1. The van der Waals surface area contributed by atoms with E-state index in [2.05, 4.69) is 0 Å². The van der Waals surface area contributed by atoms with Gasteiger partial charge in [0, 0.05) is 42.5 Å². The van der Waals surface area contributed by atoms with Gasteiger partial charge in [0.2, 0.25) is 0 Å². The van der Waals surface area contributed by atoms with Crippen molar-refractivity contribution in [3.05, 3.63) is 64.4 Å². The van der Waals surface area contributed by atoms with E-state index in [1.807, 2.05) is 0 Å². The Balaban J connectivity index is 1.74. The molecule has 1 fully saturated rings. The largest absolute Gasteiger partial charge is 0.418 e. The van der Waals surface area contributed by atoms with Crippen LogP contribution in [-0.4, -0.2) is 37.0 Å². The normalized spacial score (nSPS) is 15.3. The monoisotopic (exact) mass is 386 g/mol. The van der Waals surface area contributed by atoms with Gasteiger partial charge in [-0.05, 0) is 36.4 Å². The maximum atomic E-state index is 13.3. The molecule has 138 valence electrons. The van der Waals surface area contributed by atoms with E-state index in [0.717, 1.165) is 12.1 Å². The number of piperazine rings is 1. The van der Waals surface area contributed by atoms with Crippen molar-refractivity contribution in [2.45, 2.75) is 6.18 Å². The molecule has 1 amide bonds. The van der Waals surface area contributed by atoms with E-state index in [9.17, 15) is 22.4 Å². The lowest BCUT2D eigenvalue weighted by Gasteiger charge is -2.37. The number of nitrogens with zero attached hydrogens (tertiary/aromatic N) is 2. The Hall–Kier alpha value is -2.28. The molecule has 2 aromatic rings. The molecule has 26 heavy (non-hydrogen) atoms. The first-order valence-electron chi connectivity index (χ1n) is 7.92. The van der Waals surface area contributed by atoms with Crippen LogP contribution in [0.25, 0.3) is 0 Å². The van der Waals surface area contributed by atoms with Crippen molar-refractivity contribution >= 4 is 23.2 Å². The number of amides is 1. The SMILES string of the molecule is O=C(c1cccc(F)c1)N1CCN(c2ccc(Cl)cc2C(F)(F)F)CC1. The Morgan fingerprint density at radius 2 is 1.69 bits per heavy atom. The minimum absolute atomic E-state index is 0.0148. The van der Waals surface area contributed by atoms with Crippen LogP contribution in [-0.2, 0) is 6.18 Å². The predicted molar refractivity (Wildman–Crippen MR) is 91.0 cm³/mol. The van der Waals surface area contributed by atoms with Gasteiger partial charge in [-0.3, -0.25) is 4.79 Å². The molecule has 0 saturated carbocycles. The minimum atomic E-state index is -4.52. The van der Waals surface area contributed by atoms with Crippen LogP contribution in [0.1, 0.15) is 15.9 Å². The molecular weight excluding hydrogens is 372 g/mol. The Labute approximate surface area is 152 Å². The molecule has 0 radical (unpaired) electrons. The smallest absolute Gasteiger partial charge is 0.367 e. The van der Waals surface area contributed by atoms with E-state index in [-0.39, 0.29) is 48.4 Å². The first-order chi connectivity index (χ1) is 12.3. The van der Waals surface area contributed by atoms with Crippen molar-refractivity contribution in [1.82, 2.24) is 4.90 Å². The van der Waals surface area contributed by atoms with Gasteiger partial charge in [0.25, 0.3) is 5.91 Å². The third-order valence-electron chi connectivity index (χ3n) is 4.24. The lowest BCUT2D eigenvalue weighted by atomic mass is 10.1. The Morgan fingerprint density at radius 1 is 1.00 bits per heavy atom. The van der Waals surface area contributed by atoms with Crippen molar-refractivity contribution in [1.29, 1.82) is 0 Å². The number of hydrogen-bond acceptors (Lipinski definition) is 2. The highest BCUT2D eigenvalue weighted by atomic mass is 35.5. The zero-order chi connectivity index (χ0) is 18.9. The summed E-state index contributed by atoms with van der Waals surface area (Å²) in [5.41, 5.74) is -0.532. The molecule has 0 aliphatic carbocycles. The average molecular weight is 387 g/mol. The highest BCUT2D eigenvalue weighted by Crippen LogP contribution is 2.38. The van der Waals surface area contributed by atoms with Crippen LogP contribution < -0.4 is 4.90 Å². The van der Waals surface area contributed by atoms with Crippen LogP contribution in [0.5, 0.6) is 0 Å². The maximum absolute atomic E-state index is 13.3. The predicted octanol–water partition coefficient (Wildman–Crippen LogP) is 4.46. The average Bonchev–Trinajstić information content (AvgIpc) is 2.60. The maximum Gasteiger partial charge on any atom is 0.418 e. The topological polar surface area (TPSA) is 23.6 Å². The number of alkyl halides is 3. The molecule has 0 aromatic heterocycles. The van der Waals surface area contributed by atoms with Crippen molar-refractivity contribution in [2.24, 2.45) is 0 Å². The number of benzene rings is 2. The molecular formula is C18H15ClF4N2O. The summed E-state index contributed by atoms with van der Waals surface area (Å²) in [5, 5.41) is 0.0148. The van der Waals surface area contributed by atoms with E-state index in [1.165, 1.54) is 35.2 Å². The lowest BCUT2D eigenvalue weighted by molar-refractivity contribution is -0.137. The van der Waals surface area contributed by atoms with E-state index in [0.29, 0.717) is 0 Å².